The van der Waals surface area contributed by atoms with Crippen molar-refractivity contribution in [3.63, 3.8) is 0 Å². The van der Waals surface area contributed by atoms with Crippen LogP contribution in [0.15, 0.2) is 35.1 Å². The molecule has 0 N–H and O–H groups in total. The van der Waals surface area contributed by atoms with E-state index < -0.39 is 0 Å². The highest BCUT2D eigenvalue weighted by molar-refractivity contribution is 5.58. The molecule has 0 aliphatic carbocycles. The second-order valence-corrected chi connectivity index (χ2v) is 2.85. The van der Waals surface area contributed by atoms with Crippen LogP contribution in [0.5, 0.6) is 0 Å². The van der Waals surface area contributed by atoms with E-state index in [-0.39, 0.29) is 5.82 Å². The largest absolute Gasteiger partial charge is 0.364 e. The van der Waals surface area contributed by atoms with Crippen molar-refractivity contribution in [3.8, 4) is 11.3 Å². The van der Waals surface area contributed by atoms with Crippen LogP contribution < -0.4 is 0 Å². The molecule has 0 atom stereocenters. The summed E-state index contributed by atoms with van der Waals surface area (Å²) in [5.74, 6) is -0.202. The zero-order valence-corrected chi connectivity index (χ0v) is 7.12. The molecule has 13 heavy (non-hydrogen) atoms. The van der Waals surface area contributed by atoms with E-state index in [9.17, 15) is 4.39 Å². The highest BCUT2D eigenvalue weighted by Gasteiger charge is 2.03. The number of hydrogen-bond acceptors (Lipinski definition) is 2. The van der Waals surface area contributed by atoms with Crippen molar-refractivity contribution in [2.75, 3.05) is 0 Å². The topological polar surface area (TPSA) is 26.0 Å². The predicted molar refractivity (Wildman–Crippen MR) is 46.6 cm³/mol. The lowest BCUT2D eigenvalue weighted by molar-refractivity contribution is 0.422. The molecule has 66 valence electrons. The molecule has 0 spiro atoms. The van der Waals surface area contributed by atoms with Crippen molar-refractivity contribution in [1.82, 2.24) is 5.16 Å². The Morgan fingerprint density at radius 1 is 1.31 bits per heavy atom. The minimum absolute atomic E-state index is 0.202. The molecule has 1 aromatic heterocycles. The van der Waals surface area contributed by atoms with Crippen LogP contribution in [0.4, 0.5) is 4.39 Å². The average Bonchev–Trinajstić information content (AvgIpc) is 2.62. The van der Waals surface area contributed by atoms with Gasteiger partial charge in [0.1, 0.15) is 17.8 Å². The molecule has 0 unspecified atom stereocenters. The van der Waals surface area contributed by atoms with Crippen molar-refractivity contribution >= 4 is 0 Å². The van der Waals surface area contributed by atoms with Crippen molar-refractivity contribution in [2.24, 2.45) is 0 Å². The van der Waals surface area contributed by atoms with E-state index in [2.05, 4.69) is 5.16 Å². The van der Waals surface area contributed by atoms with Gasteiger partial charge in [0.25, 0.3) is 0 Å². The van der Waals surface area contributed by atoms with E-state index in [0.29, 0.717) is 5.56 Å². The minimum atomic E-state index is -0.202. The van der Waals surface area contributed by atoms with Gasteiger partial charge in [-0.05, 0) is 30.7 Å². The number of benzene rings is 1. The molecule has 0 aliphatic rings. The first-order valence-electron chi connectivity index (χ1n) is 3.94. The van der Waals surface area contributed by atoms with Crippen molar-refractivity contribution in [2.45, 2.75) is 6.92 Å². The van der Waals surface area contributed by atoms with Crippen LogP contribution in [0.2, 0.25) is 0 Å². The lowest BCUT2D eigenvalue weighted by atomic mass is 10.1. The fourth-order valence-corrected chi connectivity index (χ4v) is 1.17. The maximum absolute atomic E-state index is 12.9. The highest BCUT2D eigenvalue weighted by atomic mass is 19.1. The minimum Gasteiger partial charge on any atom is -0.364 e. The van der Waals surface area contributed by atoms with Gasteiger partial charge in [-0.2, -0.15) is 0 Å². The number of nitrogens with zero attached hydrogens (tertiary/aromatic N) is 1. The first kappa shape index (κ1) is 7.98. The van der Waals surface area contributed by atoms with Crippen LogP contribution in [0, 0.1) is 12.7 Å². The third-order valence-corrected chi connectivity index (χ3v) is 1.89. The molecule has 1 aromatic carbocycles. The lowest BCUT2D eigenvalue weighted by Gasteiger charge is -1.98. The number of rotatable bonds is 1. The molecule has 0 saturated carbocycles. The molecule has 0 bridgehead atoms. The van der Waals surface area contributed by atoms with Gasteiger partial charge in [0, 0.05) is 11.6 Å². The Morgan fingerprint density at radius 3 is 2.77 bits per heavy atom. The zero-order chi connectivity index (χ0) is 9.26. The van der Waals surface area contributed by atoms with Gasteiger partial charge >= 0.3 is 0 Å². The molecule has 1 heterocycles. The van der Waals surface area contributed by atoms with Crippen LogP contribution in [0.1, 0.15) is 5.56 Å². The molecule has 0 fully saturated rings. The molecule has 3 heteroatoms. The first-order chi connectivity index (χ1) is 6.27. The summed E-state index contributed by atoms with van der Waals surface area (Å²) in [5.41, 5.74) is 2.20. The van der Waals surface area contributed by atoms with Crippen LogP contribution in [0.3, 0.4) is 0 Å². The van der Waals surface area contributed by atoms with Gasteiger partial charge in [0.2, 0.25) is 0 Å². The second kappa shape index (κ2) is 3.01. The summed E-state index contributed by atoms with van der Waals surface area (Å²) in [6.45, 7) is 1.72. The Bertz CT molecular complexity index is 409. The zero-order valence-electron chi connectivity index (χ0n) is 7.12. The summed E-state index contributed by atoms with van der Waals surface area (Å²) < 4.78 is 17.6. The van der Waals surface area contributed by atoms with E-state index in [1.54, 1.807) is 25.1 Å². The smallest absolute Gasteiger partial charge is 0.126 e. The fourth-order valence-electron chi connectivity index (χ4n) is 1.17. The van der Waals surface area contributed by atoms with E-state index in [0.717, 1.165) is 11.3 Å². The SMILES string of the molecule is Cc1cc(-c2ccon2)ccc1F. The number of halogens is 1. The number of hydrogen-bond donors (Lipinski definition) is 0. The van der Waals surface area contributed by atoms with E-state index >= 15 is 0 Å². The highest BCUT2D eigenvalue weighted by Crippen LogP contribution is 2.19. The molecular formula is C10H8FNO. The lowest BCUT2D eigenvalue weighted by Crippen LogP contribution is -1.83. The van der Waals surface area contributed by atoms with Gasteiger partial charge in [-0.25, -0.2) is 4.39 Å². The van der Waals surface area contributed by atoms with Gasteiger partial charge in [-0.3, -0.25) is 0 Å². The quantitative estimate of drug-likeness (QED) is 0.669. The number of aromatic nitrogens is 1. The molecule has 2 nitrogen and oxygen atoms in total. The molecule has 0 amide bonds. The maximum atomic E-state index is 12.9. The van der Waals surface area contributed by atoms with E-state index in [1.807, 2.05) is 0 Å². The van der Waals surface area contributed by atoms with Crippen LogP contribution >= 0.6 is 0 Å². The second-order valence-electron chi connectivity index (χ2n) is 2.85. The van der Waals surface area contributed by atoms with Gasteiger partial charge in [-0.15, -0.1) is 0 Å². The third-order valence-electron chi connectivity index (χ3n) is 1.89. The summed E-state index contributed by atoms with van der Waals surface area (Å²) in [6.07, 6.45) is 1.49. The molecule has 2 rings (SSSR count). The van der Waals surface area contributed by atoms with Crippen LogP contribution in [-0.2, 0) is 0 Å². The normalized spacial score (nSPS) is 10.3. The summed E-state index contributed by atoms with van der Waals surface area (Å²) in [7, 11) is 0. The Morgan fingerprint density at radius 2 is 2.15 bits per heavy atom. The van der Waals surface area contributed by atoms with Crippen molar-refractivity contribution in [1.29, 1.82) is 0 Å². The average molecular weight is 177 g/mol. The summed E-state index contributed by atoms with van der Waals surface area (Å²) in [4.78, 5) is 0. The van der Waals surface area contributed by atoms with Gasteiger partial charge in [0.05, 0.1) is 0 Å². The molecule has 0 radical (unpaired) electrons. The van der Waals surface area contributed by atoms with Crippen LogP contribution in [0.25, 0.3) is 11.3 Å². The van der Waals surface area contributed by atoms with Crippen molar-refractivity contribution < 1.29 is 8.91 Å². The van der Waals surface area contributed by atoms with E-state index in [1.165, 1.54) is 12.3 Å². The predicted octanol–water partition coefficient (Wildman–Crippen LogP) is 2.79. The number of aryl methyl sites for hydroxylation is 1. The molecule has 0 saturated heterocycles. The maximum Gasteiger partial charge on any atom is 0.126 e. The monoisotopic (exact) mass is 177 g/mol. The standard InChI is InChI=1S/C10H8FNO/c1-7-6-8(2-3-9(7)11)10-4-5-13-12-10/h2-6H,1H3. The van der Waals surface area contributed by atoms with Gasteiger partial charge in [-0.1, -0.05) is 5.16 Å². The third kappa shape index (κ3) is 1.45. The Hall–Kier alpha value is -1.64. The van der Waals surface area contributed by atoms with Gasteiger partial charge < -0.3 is 4.52 Å². The van der Waals surface area contributed by atoms with Crippen LogP contribution in [-0.4, -0.2) is 5.16 Å². The fraction of sp³-hybridized carbons (Fsp3) is 0.100. The summed E-state index contributed by atoms with van der Waals surface area (Å²) in [5, 5.41) is 3.76. The summed E-state index contributed by atoms with van der Waals surface area (Å²) in [6, 6.07) is 6.60. The molecule has 2 aromatic rings. The Labute approximate surface area is 75.0 Å². The Kier molecular flexibility index (Phi) is 1.85. The van der Waals surface area contributed by atoms with Gasteiger partial charge in [0.15, 0.2) is 0 Å². The van der Waals surface area contributed by atoms with Crippen molar-refractivity contribution in [3.05, 3.63) is 41.9 Å². The molecular weight excluding hydrogens is 169 g/mol. The Balaban J connectivity index is 2.49. The summed E-state index contributed by atoms with van der Waals surface area (Å²) >= 11 is 0. The first-order valence-corrected chi connectivity index (χ1v) is 3.94. The molecule has 0 aliphatic heterocycles. The van der Waals surface area contributed by atoms with E-state index in [4.69, 9.17) is 4.52 Å².